The maximum absolute atomic E-state index is 3.55. The van der Waals surface area contributed by atoms with Gasteiger partial charge in [-0.2, -0.15) is 0 Å². The van der Waals surface area contributed by atoms with E-state index in [4.69, 9.17) is 0 Å². The van der Waals surface area contributed by atoms with Crippen molar-refractivity contribution in [3.63, 3.8) is 0 Å². The highest BCUT2D eigenvalue weighted by atomic mass is 127. The second kappa shape index (κ2) is 5.09. The lowest BCUT2D eigenvalue weighted by Gasteiger charge is -2.10. The summed E-state index contributed by atoms with van der Waals surface area (Å²) < 4.78 is 1.30. The molecule has 0 aromatic heterocycles. The highest BCUT2D eigenvalue weighted by Crippen LogP contribution is 2.07. The summed E-state index contributed by atoms with van der Waals surface area (Å²) in [4.78, 5) is 0. The van der Waals surface area contributed by atoms with Gasteiger partial charge in [0.1, 0.15) is 0 Å². The summed E-state index contributed by atoms with van der Waals surface area (Å²) in [5, 5.41) is 6.91. The summed E-state index contributed by atoms with van der Waals surface area (Å²) in [6.07, 6.45) is 1.25. The molecule has 76 valence electrons. The SMILES string of the molecule is Ic1ccc(CNC2CCNC2)cc1. The molecule has 1 aromatic rings. The van der Waals surface area contributed by atoms with Gasteiger partial charge >= 0.3 is 0 Å². The first-order chi connectivity index (χ1) is 6.84. The summed E-state index contributed by atoms with van der Waals surface area (Å²) in [5.74, 6) is 0. The van der Waals surface area contributed by atoms with Crippen LogP contribution in [0.4, 0.5) is 0 Å². The van der Waals surface area contributed by atoms with Gasteiger partial charge in [-0.25, -0.2) is 0 Å². The molecule has 3 heteroatoms. The molecule has 1 heterocycles. The second-order valence-electron chi connectivity index (χ2n) is 3.70. The minimum Gasteiger partial charge on any atom is -0.315 e. The fourth-order valence-corrected chi connectivity index (χ4v) is 2.05. The van der Waals surface area contributed by atoms with Gasteiger partial charge in [-0.05, 0) is 53.3 Å². The lowest BCUT2D eigenvalue weighted by Crippen LogP contribution is -2.30. The van der Waals surface area contributed by atoms with Crippen LogP contribution in [0.3, 0.4) is 0 Å². The zero-order chi connectivity index (χ0) is 9.80. The van der Waals surface area contributed by atoms with Crippen LogP contribution in [-0.4, -0.2) is 19.1 Å². The monoisotopic (exact) mass is 302 g/mol. The highest BCUT2D eigenvalue weighted by Gasteiger charge is 2.12. The van der Waals surface area contributed by atoms with Crippen LogP contribution in [0.2, 0.25) is 0 Å². The van der Waals surface area contributed by atoms with Crippen molar-refractivity contribution < 1.29 is 0 Å². The molecule has 1 aliphatic heterocycles. The third kappa shape index (κ3) is 2.93. The number of nitrogens with one attached hydrogen (secondary N) is 2. The maximum atomic E-state index is 3.55. The molecule has 2 nitrogen and oxygen atoms in total. The van der Waals surface area contributed by atoms with Crippen molar-refractivity contribution in [1.29, 1.82) is 0 Å². The minimum atomic E-state index is 0.661. The van der Waals surface area contributed by atoms with Crippen molar-refractivity contribution in [1.82, 2.24) is 10.6 Å². The molecule has 1 unspecified atom stereocenters. The Morgan fingerprint density at radius 1 is 1.36 bits per heavy atom. The van der Waals surface area contributed by atoms with Gasteiger partial charge in [-0.15, -0.1) is 0 Å². The molecule has 2 rings (SSSR count). The van der Waals surface area contributed by atoms with Gasteiger partial charge in [-0.3, -0.25) is 0 Å². The van der Waals surface area contributed by atoms with Gasteiger partial charge in [0.15, 0.2) is 0 Å². The largest absolute Gasteiger partial charge is 0.315 e. The molecule has 1 saturated heterocycles. The van der Waals surface area contributed by atoms with Gasteiger partial charge in [0.2, 0.25) is 0 Å². The van der Waals surface area contributed by atoms with Crippen molar-refractivity contribution >= 4 is 22.6 Å². The van der Waals surface area contributed by atoms with E-state index in [1.54, 1.807) is 0 Å². The Labute approximate surface area is 98.6 Å². The number of hydrogen-bond donors (Lipinski definition) is 2. The minimum absolute atomic E-state index is 0.661. The highest BCUT2D eigenvalue weighted by molar-refractivity contribution is 14.1. The smallest absolute Gasteiger partial charge is 0.0208 e. The van der Waals surface area contributed by atoms with Crippen LogP contribution >= 0.6 is 22.6 Å². The molecule has 1 aromatic carbocycles. The van der Waals surface area contributed by atoms with E-state index in [-0.39, 0.29) is 0 Å². The zero-order valence-corrected chi connectivity index (χ0v) is 10.3. The normalized spacial score (nSPS) is 21.4. The average Bonchev–Trinajstić information content (AvgIpc) is 2.70. The van der Waals surface area contributed by atoms with Gasteiger partial charge < -0.3 is 10.6 Å². The number of hydrogen-bond acceptors (Lipinski definition) is 2. The summed E-state index contributed by atoms with van der Waals surface area (Å²) in [6.45, 7) is 3.26. The van der Waals surface area contributed by atoms with Crippen molar-refractivity contribution in [2.45, 2.75) is 19.0 Å². The topological polar surface area (TPSA) is 24.1 Å². The Morgan fingerprint density at radius 2 is 2.14 bits per heavy atom. The van der Waals surface area contributed by atoms with Crippen LogP contribution in [0.1, 0.15) is 12.0 Å². The molecule has 14 heavy (non-hydrogen) atoms. The summed E-state index contributed by atoms with van der Waals surface area (Å²) in [7, 11) is 0. The molecule has 2 N–H and O–H groups in total. The number of benzene rings is 1. The fraction of sp³-hybridized carbons (Fsp3) is 0.455. The molecule has 1 atom stereocenters. The van der Waals surface area contributed by atoms with Crippen LogP contribution in [0.25, 0.3) is 0 Å². The van der Waals surface area contributed by atoms with Crippen molar-refractivity contribution in [3.05, 3.63) is 33.4 Å². The van der Waals surface area contributed by atoms with E-state index in [9.17, 15) is 0 Å². The van der Waals surface area contributed by atoms with Crippen LogP contribution < -0.4 is 10.6 Å². The molecule has 0 amide bonds. The van der Waals surface area contributed by atoms with Gasteiger partial charge in [0.25, 0.3) is 0 Å². The molecule has 0 radical (unpaired) electrons. The first kappa shape index (κ1) is 10.4. The summed E-state index contributed by atoms with van der Waals surface area (Å²) >= 11 is 2.33. The van der Waals surface area contributed by atoms with E-state index in [2.05, 4.69) is 57.5 Å². The van der Waals surface area contributed by atoms with Crippen molar-refractivity contribution in [2.24, 2.45) is 0 Å². The van der Waals surface area contributed by atoms with Crippen molar-refractivity contribution in [2.75, 3.05) is 13.1 Å². The molecular formula is C11H15IN2. The zero-order valence-electron chi connectivity index (χ0n) is 8.09. The lowest BCUT2D eigenvalue weighted by molar-refractivity contribution is 0.547. The molecule has 0 saturated carbocycles. The Bertz CT molecular complexity index is 278. The van der Waals surface area contributed by atoms with Crippen LogP contribution in [0, 0.1) is 3.57 Å². The standard InChI is InChI=1S/C11H15IN2/c12-10-3-1-9(2-4-10)7-14-11-5-6-13-8-11/h1-4,11,13-14H,5-8H2. The molecule has 0 bridgehead atoms. The van der Waals surface area contributed by atoms with Crippen LogP contribution in [-0.2, 0) is 6.54 Å². The van der Waals surface area contributed by atoms with E-state index >= 15 is 0 Å². The van der Waals surface area contributed by atoms with Gasteiger partial charge in [0, 0.05) is 22.7 Å². The molecular weight excluding hydrogens is 287 g/mol. The second-order valence-corrected chi connectivity index (χ2v) is 4.94. The Morgan fingerprint density at radius 3 is 2.79 bits per heavy atom. The number of rotatable bonds is 3. The Hall–Kier alpha value is -0.130. The fourth-order valence-electron chi connectivity index (χ4n) is 1.69. The third-order valence-electron chi connectivity index (χ3n) is 2.57. The maximum Gasteiger partial charge on any atom is 0.0208 e. The average molecular weight is 302 g/mol. The molecule has 1 aliphatic rings. The van der Waals surface area contributed by atoms with Crippen LogP contribution in [0.15, 0.2) is 24.3 Å². The predicted octanol–water partition coefficient (Wildman–Crippen LogP) is 1.74. The van der Waals surface area contributed by atoms with Gasteiger partial charge in [-0.1, -0.05) is 12.1 Å². The van der Waals surface area contributed by atoms with Crippen molar-refractivity contribution in [3.8, 4) is 0 Å². The third-order valence-corrected chi connectivity index (χ3v) is 3.29. The molecule has 1 fully saturated rings. The molecule has 0 spiro atoms. The quantitative estimate of drug-likeness (QED) is 0.831. The Balaban J connectivity index is 1.82. The number of halogens is 1. The Kier molecular flexibility index (Phi) is 3.78. The molecule has 0 aliphatic carbocycles. The van der Waals surface area contributed by atoms with E-state index in [0.717, 1.165) is 19.6 Å². The first-order valence-corrected chi connectivity index (χ1v) is 6.11. The summed E-state index contributed by atoms with van der Waals surface area (Å²) in [6, 6.07) is 9.36. The van der Waals surface area contributed by atoms with Gasteiger partial charge in [0.05, 0.1) is 0 Å². The first-order valence-electron chi connectivity index (χ1n) is 5.03. The lowest BCUT2D eigenvalue weighted by atomic mass is 10.2. The van der Waals surface area contributed by atoms with E-state index in [0.29, 0.717) is 6.04 Å². The van der Waals surface area contributed by atoms with E-state index < -0.39 is 0 Å². The van der Waals surface area contributed by atoms with E-state index in [1.807, 2.05) is 0 Å². The van der Waals surface area contributed by atoms with E-state index in [1.165, 1.54) is 15.6 Å². The van der Waals surface area contributed by atoms with Crippen LogP contribution in [0.5, 0.6) is 0 Å². The predicted molar refractivity (Wildman–Crippen MR) is 67.3 cm³/mol. The summed E-state index contributed by atoms with van der Waals surface area (Å²) in [5.41, 5.74) is 1.37.